The molecule has 4 heteroatoms. The van der Waals surface area contributed by atoms with Gasteiger partial charge in [0, 0.05) is 12.4 Å². The molecular formula is C19H28ClN3. The number of nitrogens with one attached hydrogen (secondary N) is 2. The summed E-state index contributed by atoms with van der Waals surface area (Å²) in [5.41, 5.74) is 4.83. The van der Waals surface area contributed by atoms with Gasteiger partial charge in [-0.1, -0.05) is 39.0 Å². The van der Waals surface area contributed by atoms with Crippen LogP contribution in [0, 0.1) is 0 Å². The monoisotopic (exact) mass is 333 g/mol. The van der Waals surface area contributed by atoms with Crippen LogP contribution in [0.2, 0.25) is 0 Å². The molecule has 1 aliphatic rings. The van der Waals surface area contributed by atoms with Gasteiger partial charge in [-0.25, -0.2) is 0 Å². The normalized spacial score (nSPS) is 16.9. The van der Waals surface area contributed by atoms with Gasteiger partial charge in [0.15, 0.2) is 0 Å². The van der Waals surface area contributed by atoms with E-state index in [-0.39, 0.29) is 12.4 Å². The first-order valence-corrected chi connectivity index (χ1v) is 8.75. The average Bonchev–Trinajstić information content (AvgIpc) is 3.15. The average molecular weight is 334 g/mol. The number of aromatic nitrogens is 2. The molecule has 1 aliphatic carbocycles. The molecule has 2 N–H and O–H groups in total. The standard InChI is InChI=1S/C19H27N3.ClH/c1-2-15-13-17(22-19(15)18-11-8-12-20-18)14-21-16-9-6-4-3-5-7-10-16;/h8,11-14,16,20,22H,2-7,9-10H2,1H3;1H. The zero-order chi connectivity index (χ0) is 15.2. The zero-order valence-corrected chi connectivity index (χ0v) is 14.8. The topological polar surface area (TPSA) is 43.9 Å². The van der Waals surface area contributed by atoms with Gasteiger partial charge < -0.3 is 9.97 Å². The van der Waals surface area contributed by atoms with Crippen molar-refractivity contribution in [1.82, 2.24) is 9.97 Å². The summed E-state index contributed by atoms with van der Waals surface area (Å²) in [6, 6.07) is 6.91. The summed E-state index contributed by atoms with van der Waals surface area (Å²) >= 11 is 0. The van der Waals surface area contributed by atoms with E-state index in [1.54, 1.807) is 0 Å². The smallest absolute Gasteiger partial charge is 0.0656 e. The summed E-state index contributed by atoms with van der Waals surface area (Å²) in [4.78, 5) is 11.7. The number of aromatic amines is 2. The van der Waals surface area contributed by atoms with E-state index in [0.717, 1.165) is 17.8 Å². The minimum Gasteiger partial charge on any atom is -0.360 e. The SMILES string of the molecule is CCc1cc(C=NC2CCCCCCC2)[nH]c1-c1ccc[nH]1.Cl. The predicted molar refractivity (Wildman–Crippen MR) is 101 cm³/mol. The van der Waals surface area contributed by atoms with Crippen molar-refractivity contribution in [3.05, 3.63) is 35.7 Å². The van der Waals surface area contributed by atoms with E-state index in [2.05, 4.69) is 35.2 Å². The van der Waals surface area contributed by atoms with Crippen LogP contribution in [0.3, 0.4) is 0 Å². The van der Waals surface area contributed by atoms with Crippen LogP contribution in [-0.2, 0) is 6.42 Å². The molecule has 23 heavy (non-hydrogen) atoms. The molecule has 3 nitrogen and oxygen atoms in total. The Morgan fingerprint density at radius 3 is 2.57 bits per heavy atom. The fraction of sp³-hybridized carbons (Fsp3) is 0.526. The maximum atomic E-state index is 4.86. The largest absolute Gasteiger partial charge is 0.360 e. The first-order chi connectivity index (χ1) is 10.9. The van der Waals surface area contributed by atoms with Gasteiger partial charge in [-0.15, -0.1) is 12.4 Å². The second kappa shape index (κ2) is 8.97. The number of rotatable bonds is 4. The van der Waals surface area contributed by atoms with Crippen molar-refractivity contribution in [2.45, 2.75) is 64.3 Å². The van der Waals surface area contributed by atoms with Crippen LogP contribution in [0.1, 0.15) is 63.1 Å². The van der Waals surface area contributed by atoms with Gasteiger partial charge in [0.2, 0.25) is 0 Å². The summed E-state index contributed by atoms with van der Waals surface area (Å²) in [7, 11) is 0. The van der Waals surface area contributed by atoms with Crippen LogP contribution in [0.15, 0.2) is 29.4 Å². The summed E-state index contributed by atoms with van der Waals surface area (Å²) in [5.74, 6) is 0. The maximum absolute atomic E-state index is 4.86. The van der Waals surface area contributed by atoms with E-state index in [1.807, 2.05) is 12.3 Å². The van der Waals surface area contributed by atoms with Crippen molar-refractivity contribution < 1.29 is 0 Å². The highest BCUT2D eigenvalue weighted by atomic mass is 35.5. The Hall–Kier alpha value is -1.48. The van der Waals surface area contributed by atoms with Crippen LogP contribution in [0.25, 0.3) is 11.4 Å². The third-order valence-corrected chi connectivity index (χ3v) is 4.67. The number of aryl methyl sites for hydroxylation is 1. The van der Waals surface area contributed by atoms with E-state index >= 15 is 0 Å². The third kappa shape index (κ3) is 4.74. The molecule has 2 aromatic heterocycles. The van der Waals surface area contributed by atoms with Gasteiger partial charge in [0.1, 0.15) is 0 Å². The molecule has 0 unspecified atom stereocenters. The molecule has 0 aliphatic heterocycles. The number of halogens is 1. The fourth-order valence-electron chi connectivity index (χ4n) is 3.36. The van der Waals surface area contributed by atoms with E-state index in [1.165, 1.54) is 56.2 Å². The Bertz CT molecular complexity index is 590. The molecule has 0 amide bonds. The third-order valence-electron chi connectivity index (χ3n) is 4.67. The first-order valence-electron chi connectivity index (χ1n) is 8.75. The van der Waals surface area contributed by atoms with Gasteiger partial charge in [-0.3, -0.25) is 4.99 Å². The van der Waals surface area contributed by atoms with Crippen molar-refractivity contribution in [2.24, 2.45) is 4.99 Å². The lowest BCUT2D eigenvalue weighted by Crippen LogP contribution is -2.07. The molecule has 2 heterocycles. The lowest BCUT2D eigenvalue weighted by molar-refractivity contribution is 0.456. The molecule has 1 fully saturated rings. The number of hydrogen-bond donors (Lipinski definition) is 2. The second-order valence-corrected chi connectivity index (χ2v) is 6.34. The molecule has 3 rings (SSSR count). The molecular weight excluding hydrogens is 306 g/mol. The molecule has 0 radical (unpaired) electrons. The molecule has 126 valence electrons. The molecule has 0 atom stereocenters. The number of aliphatic imine (C=N–C) groups is 1. The van der Waals surface area contributed by atoms with Gasteiger partial charge in [-0.05, 0) is 43.0 Å². The molecule has 1 saturated carbocycles. The summed E-state index contributed by atoms with van der Waals surface area (Å²) in [6.07, 6.45) is 14.4. The Morgan fingerprint density at radius 2 is 1.91 bits per heavy atom. The van der Waals surface area contributed by atoms with Gasteiger partial charge in [0.05, 0.1) is 23.1 Å². The van der Waals surface area contributed by atoms with E-state index in [0.29, 0.717) is 6.04 Å². The molecule has 0 bridgehead atoms. The van der Waals surface area contributed by atoms with Gasteiger partial charge in [-0.2, -0.15) is 0 Å². The van der Waals surface area contributed by atoms with E-state index in [9.17, 15) is 0 Å². The Balaban J connectivity index is 0.00000192. The summed E-state index contributed by atoms with van der Waals surface area (Å²) in [6.45, 7) is 2.20. The minimum absolute atomic E-state index is 0. The maximum Gasteiger partial charge on any atom is 0.0656 e. The molecule has 0 saturated heterocycles. The Morgan fingerprint density at radius 1 is 1.17 bits per heavy atom. The fourth-order valence-corrected chi connectivity index (χ4v) is 3.36. The highest BCUT2D eigenvalue weighted by Crippen LogP contribution is 2.23. The van der Waals surface area contributed by atoms with Gasteiger partial charge in [0.25, 0.3) is 0 Å². The van der Waals surface area contributed by atoms with Crippen LogP contribution < -0.4 is 0 Å². The lowest BCUT2D eigenvalue weighted by atomic mass is 9.97. The van der Waals surface area contributed by atoms with Crippen LogP contribution in [-0.4, -0.2) is 22.2 Å². The molecule has 0 spiro atoms. The molecule has 2 aromatic rings. The zero-order valence-electron chi connectivity index (χ0n) is 14.0. The van der Waals surface area contributed by atoms with Crippen molar-refractivity contribution in [2.75, 3.05) is 0 Å². The second-order valence-electron chi connectivity index (χ2n) is 6.34. The number of H-pyrrole nitrogens is 2. The Labute approximate surface area is 145 Å². The number of nitrogens with zero attached hydrogens (tertiary/aromatic N) is 1. The van der Waals surface area contributed by atoms with Crippen LogP contribution in [0.4, 0.5) is 0 Å². The highest BCUT2D eigenvalue weighted by molar-refractivity contribution is 5.85. The van der Waals surface area contributed by atoms with Crippen molar-refractivity contribution in [3.63, 3.8) is 0 Å². The van der Waals surface area contributed by atoms with E-state index in [4.69, 9.17) is 4.99 Å². The van der Waals surface area contributed by atoms with Crippen molar-refractivity contribution in [3.8, 4) is 11.4 Å². The first kappa shape index (κ1) is 17.9. The molecule has 0 aromatic carbocycles. The van der Waals surface area contributed by atoms with Crippen molar-refractivity contribution >= 4 is 18.6 Å². The Kier molecular flexibility index (Phi) is 6.97. The minimum atomic E-state index is 0. The van der Waals surface area contributed by atoms with Crippen molar-refractivity contribution in [1.29, 1.82) is 0 Å². The summed E-state index contributed by atoms with van der Waals surface area (Å²) < 4.78 is 0. The number of hydrogen-bond acceptors (Lipinski definition) is 1. The lowest BCUT2D eigenvalue weighted by Gasteiger charge is -2.15. The predicted octanol–water partition coefficient (Wildman–Crippen LogP) is 5.53. The quantitative estimate of drug-likeness (QED) is 0.691. The highest BCUT2D eigenvalue weighted by Gasteiger charge is 2.11. The summed E-state index contributed by atoms with van der Waals surface area (Å²) in [5, 5.41) is 0. The van der Waals surface area contributed by atoms with Crippen LogP contribution in [0.5, 0.6) is 0 Å². The van der Waals surface area contributed by atoms with E-state index < -0.39 is 0 Å². The van der Waals surface area contributed by atoms with Gasteiger partial charge >= 0.3 is 0 Å². The van der Waals surface area contributed by atoms with Crippen LogP contribution >= 0.6 is 12.4 Å².